The third-order valence-electron chi connectivity index (χ3n) is 2.60. The Balaban J connectivity index is 3.05. The van der Waals surface area contributed by atoms with Crippen molar-refractivity contribution in [1.29, 1.82) is 0 Å². The summed E-state index contributed by atoms with van der Waals surface area (Å²) in [5.41, 5.74) is 4.77. The van der Waals surface area contributed by atoms with E-state index in [2.05, 4.69) is 9.71 Å². The molecule has 7 heteroatoms. The first-order valence-corrected chi connectivity index (χ1v) is 6.66. The zero-order valence-electron chi connectivity index (χ0n) is 9.77. The van der Waals surface area contributed by atoms with Gasteiger partial charge in [0.2, 0.25) is 10.0 Å². The normalized spacial score (nSPS) is 15.5. The maximum atomic E-state index is 12.9. The smallest absolute Gasteiger partial charge is 0.242 e. The monoisotopic (exact) mass is 261 g/mol. The number of halogens is 1. The first kappa shape index (κ1) is 14.0. The quantitative estimate of drug-likeness (QED) is 0.814. The molecule has 3 N–H and O–H groups in total. The SMILES string of the molecule is CCC(C)(CN)NS(=O)(=O)c1cncc(F)c1. The molecule has 0 aliphatic heterocycles. The lowest BCUT2D eigenvalue weighted by atomic mass is 10.0. The van der Waals surface area contributed by atoms with E-state index >= 15 is 0 Å². The molecule has 1 aromatic heterocycles. The molecule has 1 heterocycles. The van der Waals surface area contributed by atoms with Crippen LogP contribution in [0.25, 0.3) is 0 Å². The van der Waals surface area contributed by atoms with Crippen molar-refractivity contribution in [2.24, 2.45) is 5.73 Å². The standard InChI is InChI=1S/C10H16FN3O2S/c1-3-10(2,7-12)14-17(15,16)9-4-8(11)5-13-6-9/h4-6,14H,3,7,12H2,1-2H3. The zero-order chi connectivity index (χ0) is 13.1. The number of aromatic nitrogens is 1. The Bertz CT molecular complexity index is 486. The highest BCUT2D eigenvalue weighted by Gasteiger charge is 2.28. The molecule has 0 amide bonds. The van der Waals surface area contributed by atoms with Crippen molar-refractivity contribution < 1.29 is 12.8 Å². The molecule has 17 heavy (non-hydrogen) atoms. The Kier molecular flexibility index (Phi) is 4.18. The third-order valence-corrected chi connectivity index (χ3v) is 4.21. The van der Waals surface area contributed by atoms with E-state index < -0.39 is 21.4 Å². The number of nitrogens with two attached hydrogens (primary N) is 1. The molecule has 0 fully saturated rings. The average Bonchev–Trinajstić information content (AvgIpc) is 2.28. The van der Waals surface area contributed by atoms with Crippen molar-refractivity contribution in [2.45, 2.75) is 30.7 Å². The topological polar surface area (TPSA) is 85.1 Å². The van der Waals surface area contributed by atoms with Crippen molar-refractivity contribution in [1.82, 2.24) is 9.71 Å². The van der Waals surface area contributed by atoms with Crippen LogP contribution in [0, 0.1) is 5.82 Å². The second-order valence-electron chi connectivity index (χ2n) is 4.06. The lowest BCUT2D eigenvalue weighted by Gasteiger charge is -2.27. The van der Waals surface area contributed by atoms with Crippen LogP contribution in [0.4, 0.5) is 4.39 Å². The Labute approximate surface area is 100 Å². The van der Waals surface area contributed by atoms with Crippen LogP contribution in [0.5, 0.6) is 0 Å². The molecular weight excluding hydrogens is 245 g/mol. The molecule has 96 valence electrons. The van der Waals surface area contributed by atoms with Gasteiger partial charge in [0.1, 0.15) is 10.7 Å². The lowest BCUT2D eigenvalue weighted by Crippen LogP contribution is -2.50. The minimum absolute atomic E-state index is 0.158. The summed E-state index contributed by atoms with van der Waals surface area (Å²) in [6, 6.07) is 0.919. The minimum atomic E-state index is -3.80. The van der Waals surface area contributed by atoms with Gasteiger partial charge in [0.15, 0.2) is 0 Å². The molecule has 1 rings (SSSR count). The Hall–Kier alpha value is -1.05. The molecule has 0 radical (unpaired) electrons. The van der Waals surface area contributed by atoms with Crippen LogP contribution < -0.4 is 10.5 Å². The second-order valence-corrected chi connectivity index (χ2v) is 5.75. The highest BCUT2D eigenvalue weighted by molar-refractivity contribution is 7.89. The fourth-order valence-corrected chi connectivity index (χ4v) is 2.64. The third kappa shape index (κ3) is 3.45. The van der Waals surface area contributed by atoms with E-state index in [0.717, 1.165) is 18.5 Å². The molecule has 1 atom stereocenters. The number of nitrogens with zero attached hydrogens (tertiary/aromatic N) is 1. The molecule has 1 aromatic rings. The molecule has 0 aliphatic carbocycles. The van der Waals surface area contributed by atoms with Crippen LogP contribution in [-0.4, -0.2) is 25.5 Å². The van der Waals surface area contributed by atoms with Crippen LogP contribution in [0.15, 0.2) is 23.4 Å². The van der Waals surface area contributed by atoms with Gasteiger partial charge in [-0.15, -0.1) is 0 Å². The van der Waals surface area contributed by atoms with E-state index in [9.17, 15) is 12.8 Å². The first-order chi connectivity index (χ1) is 7.83. The summed E-state index contributed by atoms with van der Waals surface area (Å²) >= 11 is 0. The summed E-state index contributed by atoms with van der Waals surface area (Å²) < 4.78 is 39.3. The molecular formula is C10H16FN3O2S. The molecule has 0 saturated carbocycles. The highest BCUT2D eigenvalue weighted by Crippen LogP contribution is 2.14. The molecule has 0 saturated heterocycles. The number of hydrogen-bond acceptors (Lipinski definition) is 4. The van der Waals surface area contributed by atoms with Gasteiger partial charge in [-0.05, 0) is 19.4 Å². The van der Waals surface area contributed by atoms with Gasteiger partial charge in [-0.3, -0.25) is 4.98 Å². The number of hydrogen-bond donors (Lipinski definition) is 2. The Morgan fingerprint density at radius 3 is 2.65 bits per heavy atom. The van der Waals surface area contributed by atoms with Crippen LogP contribution in [0.2, 0.25) is 0 Å². The van der Waals surface area contributed by atoms with E-state index in [1.165, 1.54) is 0 Å². The highest BCUT2D eigenvalue weighted by atomic mass is 32.2. The van der Waals surface area contributed by atoms with Crippen molar-refractivity contribution in [3.05, 3.63) is 24.3 Å². The molecule has 0 aromatic carbocycles. The lowest BCUT2D eigenvalue weighted by molar-refractivity contribution is 0.411. The van der Waals surface area contributed by atoms with Crippen LogP contribution in [0.3, 0.4) is 0 Å². The van der Waals surface area contributed by atoms with Crippen molar-refractivity contribution in [3.63, 3.8) is 0 Å². The van der Waals surface area contributed by atoms with Gasteiger partial charge in [0.05, 0.1) is 6.20 Å². The summed E-state index contributed by atoms with van der Waals surface area (Å²) in [5, 5.41) is 0. The van der Waals surface area contributed by atoms with Gasteiger partial charge in [-0.25, -0.2) is 17.5 Å². The predicted molar refractivity (Wildman–Crippen MR) is 62.3 cm³/mol. The first-order valence-electron chi connectivity index (χ1n) is 5.17. The van der Waals surface area contributed by atoms with Crippen molar-refractivity contribution >= 4 is 10.0 Å². The summed E-state index contributed by atoms with van der Waals surface area (Å²) in [6.45, 7) is 3.67. The summed E-state index contributed by atoms with van der Waals surface area (Å²) in [5.74, 6) is -0.696. The Morgan fingerprint density at radius 2 is 2.18 bits per heavy atom. The van der Waals surface area contributed by atoms with Crippen LogP contribution in [0.1, 0.15) is 20.3 Å². The summed E-state index contributed by atoms with van der Waals surface area (Å²) in [6.07, 6.45) is 2.57. The van der Waals surface area contributed by atoms with E-state index in [-0.39, 0.29) is 11.4 Å². The number of rotatable bonds is 5. The number of nitrogens with one attached hydrogen (secondary N) is 1. The molecule has 0 bridgehead atoms. The van der Waals surface area contributed by atoms with Crippen molar-refractivity contribution in [2.75, 3.05) is 6.54 Å². The predicted octanol–water partition coefficient (Wildman–Crippen LogP) is 0.626. The maximum Gasteiger partial charge on any atom is 0.242 e. The minimum Gasteiger partial charge on any atom is -0.329 e. The zero-order valence-corrected chi connectivity index (χ0v) is 10.6. The van der Waals surface area contributed by atoms with E-state index in [1.807, 2.05) is 6.92 Å². The van der Waals surface area contributed by atoms with Gasteiger partial charge >= 0.3 is 0 Å². The fraction of sp³-hybridized carbons (Fsp3) is 0.500. The number of pyridine rings is 1. The fourth-order valence-electron chi connectivity index (χ4n) is 1.18. The van der Waals surface area contributed by atoms with E-state index in [1.54, 1.807) is 6.92 Å². The van der Waals surface area contributed by atoms with E-state index in [4.69, 9.17) is 5.73 Å². The molecule has 5 nitrogen and oxygen atoms in total. The number of sulfonamides is 1. The largest absolute Gasteiger partial charge is 0.329 e. The van der Waals surface area contributed by atoms with Gasteiger partial charge in [-0.1, -0.05) is 6.92 Å². The summed E-state index contributed by atoms with van der Waals surface area (Å²) in [4.78, 5) is 3.30. The average molecular weight is 261 g/mol. The van der Waals surface area contributed by atoms with E-state index in [0.29, 0.717) is 6.42 Å². The van der Waals surface area contributed by atoms with Gasteiger partial charge in [0, 0.05) is 18.3 Å². The van der Waals surface area contributed by atoms with Gasteiger partial charge in [0.25, 0.3) is 0 Å². The van der Waals surface area contributed by atoms with Crippen LogP contribution >= 0.6 is 0 Å². The Morgan fingerprint density at radius 1 is 1.53 bits per heavy atom. The van der Waals surface area contributed by atoms with Crippen molar-refractivity contribution in [3.8, 4) is 0 Å². The second kappa shape index (κ2) is 5.07. The van der Waals surface area contributed by atoms with Gasteiger partial charge < -0.3 is 5.73 Å². The molecule has 0 aliphatic rings. The van der Waals surface area contributed by atoms with Crippen LogP contribution in [-0.2, 0) is 10.0 Å². The maximum absolute atomic E-state index is 12.9. The molecule has 0 spiro atoms. The van der Waals surface area contributed by atoms with Gasteiger partial charge in [-0.2, -0.15) is 0 Å². The summed E-state index contributed by atoms with van der Waals surface area (Å²) in [7, 11) is -3.80. The molecule has 1 unspecified atom stereocenters.